The van der Waals surface area contributed by atoms with Gasteiger partial charge in [0.15, 0.2) is 11.6 Å². The van der Waals surface area contributed by atoms with Gasteiger partial charge in [0, 0.05) is 13.1 Å². The maximum Gasteiger partial charge on any atom is 0.311 e. The Bertz CT molecular complexity index is 620. The van der Waals surface area contributed by atoms with Crippen LogP contribution in [0.1, 0.15) is 30.1 Å². The largest absolute Gasteiger partial charge is 0.493 e. The molecule has 0 spiro atoms. The molecule has 0 bridgehead atoms. The fraction of sp³-hybridized carbons (Fsp3) is 0.467. The van der Waals surface area contributed by atoms with Gasteiger partial charge in [-0.15, -0.1) is 0 Å². The van der Waals surface area contributed by atoms with Gasteiger partial charge in [-0.1, -0.05) is 0 Å². The molecule has 0 aliphatic carbocycles. The molecule has 120 valence electrons. The third kappa shape index (κ3) is 2.75. The highest BCUT2D eigenvalue weighted by Gasteiger charge is 2.40. The van der Waals surface area contributed by atoms with E-state index >= 15 is 0 Å². The van der Waals surface area contributed by atoms with E-state index in [-0.39, 0.29) is 6.54 Å². The number of carbonyl (C=O) groups excluding carboxylic acids is 1. The number of hydrogen-bond acceptors (Lipinski definition) is 3. The molecule has 1 aliphatic heterocycles. The van der Waals surface area contributed by atoms with Crippen LogP contribution < -0.4 is 4.74 Å². The number of aliphatic carboxylic acids is 1. The molecule has 1 saturated heterocycles. The first kappa shape index (κ1) is 16.2. The summed E-state index contributed by atoms with van der Waals surface area (Å²) in [7, 11) is 1.15. The molecule has 7 heteroatoms. The lowest BCUT2D eigenvalue weighted by molar-refractivity contribution is -0.150. The second kappa shape index (κ2) is 5.90. The highest BCUT2D eigenvalue weighted by atomic mass is 19.1. The van der Waals surface area contributed by atoms with E-state index in [9.17, 15) is 23.5 Å². The van der Waals surface area contributed by atoms with Crippen molar-refractivity contribution in [3.05, 3.63) is 29.3 Å². The van der Waals surface area contributed by atoms with Crippen molar-refractivity contribution in [1.29, 1.82) is 0 Å². The van der Waals surface area contributed by atoms with E-state index in [1.54, 1.807) is 0 Å². The molecule has 1 aromatic rings. The van der Waals surface area contributed by atoms with Crippen LogP contribution in [0.15, 0.2) is 12.1 Å². The molecule has 0 radical (unpaired) electrons. The quantitative estimate of drug-likeness (QED) is 0.930. The number of rotatable bonds is 3. The van der Waals surface area contributed by atoms with E-state index in [1.165, 1.54) is 11.8 Å². The average Bonchev–Trinajstić information content (AvgIpc) is 2.48. The predicted octanol–water partition coefficient (Wildman–Crippen LogP) is 2.30. The number of benzene rings is 1. The number of nitrogens with zero attached hydrogens (tertiary/aromatic N) is 1. The molecule has 1 aliphatic rings. The van der Waals surface area contributed by atoms with Gasteiger partial charge in [-0.05, 0) is 31.9 Å². The van der Waals surface area contributed by atoms with Crippen LogP contribution in [-0.2, 0) is 4.79 Å². The third-order valence-corrected chi connectivity index (χ3v) is 3.98. The first-order chi connectivity index (χ1) is 10.3. The maximum atomic E-state index is 14.0. The number of likely N-dealkylation sites (tertiary alicyclic amines) is 1. The van der Waals surface area contributed by atoms with E-state index in [2.05, 4.69) is 0 Å². The Balaban J connectivity index is 2.37. The summed E-state index contributed by atoms with van der Waals surface area (Å²) in [6, 6.07) is 1.73. The lowest BCUT2D eigenvalue weighted by atomic mass is 9.82. The minimum Gasteiger partial charge on any atom is -0.493 e. The normalized spacial score (nSPS) is 21.5. The standard InChI is InChI=1S/C15H17F2NO4/c1-15(14(20)21)6-3-7-18(8-15)13(19)11-9(16)4-5-10(17)12(11)22-2/h4-5H,3,6-8H2,1-2H3,(H,20,21). The Morgan fingerprint density at radius 3 is 2.55 bits per heavy atom. The van der Waals surface area contributed by atoms with Crippen molar-refractivity contribution < 1.29 is 28.2 Å². The van der Waals surface area contributed by atoms with Crippen molar-refractivity contribution in [3.8, 4) is 5.75 Å². The van der Waals surface area contributed by atoms with Gasteiger partial charge >= 0.3 is 5.97 Å². The predicted molar refractivity (Wildman–Crippen MR) is 73.8 cm³/mol. The smallest absolute Gasteiger partial charge is 0.311 e. The molecule has 0 aromatic heterocycles. The number of carboxylic acid groups (broad SMARTS) is 1. The van der Waals surface area contributed by atoms with Crippen LogP contribution >= 0.6 is 0 Å². The summed E-state index contributed by atoms with van der Waals surface area (Å²) < 4.78 is 32.4. The first-order valence-electron chi connectivity index (χ1n) is 6.85. The van der Waals surface area contributed by atoms with Crippen molar-refractivity contribution in [2.24, 2.45) is 5.41 Å². The van der Waals surface area contributed by atoms with E-state index in [1.807, 2.05) is 0 Å². The lowest BCUT2D eigenvalue weighted by Gasteiger charge is -2.37. The molecule has 1 heterocycles. The van der Waals surface area contributed by atoms with Crippen molar-refractivity contribution >= 4 is 11.9 Å². The van der Waals surface area contributed by atoms with Gasteiger partial charge in [0.1, 0.15) is 11.4 Å². The number of ether oxygens (including phenoxy) is 1. The summed E-state index contributed by atoms with van der Waals surface area (Å²) in [5, 5.41) is 9.27. The topological polar surface area (TPSA) is 66.8 Å². The van der Waals surface area contributed by atoms with Crippen LogP contribution in [0.5, 0.6) is 5.75 Å². The van der Waals surface area contributed by atoms with Gasteiger partial charge in [0.05, 0.1) is 12.5 Å². The van der Waals surface area contributed by atoms with E-state index in [0.717, 1.165) is 19.2 Å². The second-order valence-corrected chi connectivity index (χ2v) is 5.63. The highest BCUT2D eigenvalue weighted by Crippen LogP contribution is 2.33. The third-order valence-electron chi connectivity index (χ3n) is 3.98. The minimum absolute atomic E-state index is 0.0553. The second-order valence-electron chi connectivity index (χ2n) is 5.63. The summed E-state index contributed by atoms with van der Waals surface area (Å²) in [4.78, 5) is 25.1. The van der Waals surface area contributed by atoms with Crippen molar-refractivity contribution in [2.75, 3.05) is 20.2 Å². The number of methoxy groups -OCH3 is 1. The zero-order chi connectivity index (χ0) is 16.5. The first-order valence-corrected chi connectivity index (χ1v) is 6.85. The molecule has 5 nitrogen and oxygen atoms in total. The van der Waals surface area contributed by atoms with Gasteiger partial charge in [0.25, 0.3) is 5.91 Å². The summed E-state index contributed by atoms with van der Waals surface area (Å²) >= 11 is 0. The Kier molecular flexibility index (Phi) is 4.35. The highest BCUT2D eigenvalue weighted by molar-refractivity contribution is 5.97. The van der Waals surface area contributed by atoms with Crippen LogP contribution in [0.25, 0.3) is 0 Å². The monoisotopic (exact) mass is 313 g/mol. The zero-order valence-electron chi connectivity index (χ0n) is 12.4. The molecule has 1 amide bonds. The number of carbonyl (C=O) groups is 2. The summed E-state index contributed by atoms with van der Waals surface area (Å²) in [5.41, 5.74) is -1.59. The molecular weight excluding hydrogens is 296 g/mol. The maximum absolute atomic E-state index is 14.0. The van der Waals surface area contributed by atoms with Crippen molar-refractivity contribution in [2.45, 2.75) is 19.8 Å². The number of hydrogen-bond donors (Lipinski definition) is 1. The summed E-state index contributed by atoms with van der Waals surface area (Å²) in [6.45, 7) is 1.77. The van der Waals surface area contributed by atoms with Crippen LogP contribution in [-0.4, -0.2) is 42.1 Å². The number of amides is 1. The molecule has 22 heavy (non-hydrogen) atoms. The Hall–Kier alpha value is -2.18. The number of carboxylic acids is 1. The van der Waals surface area contributed by atoms with Crippen LogP contribution in [0.4, 0.5) is 8.78 Å². The summed E-state index contributed by atoms with van der Waals surface area (Å²) in [5.74, 6) is -3.98. The Labute approximate surface area is 126 Å². The van der Waals surface area contributed by atoms with Gasteiger partial charge < -0.3 is 14.7 Å². The van der Waals surface area contributed by atoms with E-state index in [0.29, 0.717) is 19.4 Å². The number of halogens is 2. The van der Waals surface area contributed by atoms with Gasteiger partial charge in [0.2, 0.25) is 0 Å². The Morgan fingerprint density at radius 1 is 1.32 bits per heavy atom. The molecule has 1 N–H and O–H groups in total. The van der Waals surface area contributed by atoms with Crippen molar-refractivity contribution in [3.63, 3.8) is 0 Å². The SMILES string of the molecule is COc1c(F)ccc(F)c1C(=O)N1CCCC(C)(C(=O)O)C1. The number of piperidine rings is 1. The minimum atomic E-state index is -1.09. The molecule has 2 rings (SSSR count). The fourth-order valence-electron chi connectivity index (χ4n) is 2.68. The fourth-order valence-corrected chi connectivity index (χ4v) is 2.68. The molecule has 1 unspecified atom stereocenters. The van der Waals surface area contributed by atoms with Crippen LogP contribution in [0.3, 0.4) is 0 Å². The Morgan fingerprint density at radius 2 is 1.95 bits per heavy atom. The zero-order valence-corrected chi connectivity index (χ0v) is 12.4. The van der Waals surface area contributed by atoms with Crippen LogP contribution in [0, 0.1) is 17.0 Å². The molecule has 1 aromatic carbocycles. The average molecular weight is 313 g/mol. The van der Waals surface area contributed by atoms with Gasteiger partial charge in [-0.3, -0.25) is 9.59 Å². The molecule has 1 atom stereocenters. The van der Waals surface area contributed by atoms with E-state index < -0.39 is 40.2 Å². The van der Waals surface area contributed by atoms with Crippen molar-refractivity contribution in [1.82, 2.24) is 4.90 Å². The summed E-state index contributed by atoms with van der Waals surface area (Å²) in [6.07, 6.45) is 0.905. The lowest BCUT2D eigenvalue weighted by Crippen LogP contribution is -2.48. The molecular formula is C15H17F2NO4. The van der Waals surface area contributed by atoms with Gasteiger partial charge in [-0.25, -0.2) is 8.78 Å². The van der Waals surface area contributed by atoms with Gasteiger partial charge in [-0.2, -0.15) is 0 Å². The van der Waals surface area contributed by atoms with Crippen LogP contribution in [0.2, 0.25) is 0 Å². The van der Waals surface area contributed by atoms with E-state index in [4.69, 9.17) is 4.74 Å². The molecule has 0 saturated carbocycles. The molecule has 1 fully saturated rings.